The number of aliphatic hydroxyl groups is 1. The maximum atomic E-state index is 13.9. The normalized spacial score (nSPS) is 32.0. The molecule has 3 aliphatic rings. The summed E-state index contributed by atoms with van der Waals surface area (Å²) in [7, 11) is 3.13. The summed E-state index contributed by atoms with van der Waals surface area (Å²) < 4.78 is 0. The van der Waals surface area contributed by atoms with E-state index < -0.39 is 64.4 Å². The molecule has 3 aliphatic carbocycles. The lowest BCUT2D eigenvalue weighted by Gasteiger charge is -2.52. The molecule has 1 aromatic rings. The number of carbonyl (C=O) groups excluding carboxylic acids is 5. The molecule has 0 aromatic heterocycles. The average Bonchev–Trinajstić information content (AvgIpc) is 2.79. The third-order valence-corrected chi connectivity index (χ3v) is 8.05. The van der Waals surface area contributed by atoms with E-state index in [0.29, 0.717) is 17.5 Å². The number of likely N-dealkylation sites (N-methyl/N-ethyl adjacent to an activating group) is 1. The van der Waals surface area contributed by atoms with Crippen LogP contribution in [0.25, 0.3) is 6.08 Å². The van der Waals surface area contributed by atoms with E-state index in [2.05, 4.69) is 0 Å². The van der Waals surface area contributed by atoms with E-state index in [9.17, 15) is 34.2 Å². The highest BCUT2D eigenvalue weighted by atomic mass is 16.3. The average molecular weight is 497 g/mol. The van der Waals surface area contributed by atoms with Crippen molar-refractivity contribution in [3.8, 4) is 5.75 Å². The van der Waals surface area contributed by atoms with Gasteiger partial charge in [-0.1, -0.05) is 25.5 Å². The molecule has 0 spiro atoms. The maximum absolute atomic E-state index is 13.9. The van der Waals surface area contributed by atoms with E-state index >= 15 is 0 Å². The molecule has 2 saturated carbocycles. The van der Waals surface area contributed by atoms with E-state index in [-0.39, 0.29) is 24.2 Å². The summed E-state index contributed by atoms with van der Waals surface area (Å²) in [6, 6.07) is 0.743. The number of rotatable bonds is 5. The standard InChI is InChI=1S/C27H32N2O7/c1-5-7-12-9-13(8-6-2)21(30)18-15(12)10-14-11-16-20(29(3)4)23(32)19(26(28)35)25(34)27(16,36)24(33)17(14)22(18)31/h6,8-9,14,16-17,19-20,30,36H,5,7,10-11H2,1-4H3,(H2,28,35)/t14-,16-,17?,19?,20-,27-/m1/s1. The minimum atomic E-state index is -2.71. The molecular formula is C27H32N2O7. The molecule has 2 fully saturated rings. The van der Waals surface area contributed by atoms with E-state index in [0.717, 1.165) is 12.0 Å². The lowest BCUT2D eigenvalue weighted by molar-refractivity contribution is -0.181. The highest BCUT2D eigenvalue weighted by Crippen LogP contribution is 2.51. The number of ketones is 4. The molecule has 2 unspecified atom stereocenters. The second-order valence-electron chi connectivity index (χ2n) is 10.4. The van der Waals surface area contributed by atoms with Gasteiger partial charge in [0.05, 0.1) is 17.5 Å². The molecule has 0 heterocycles. The summed E-state index contributed by atoms with van der Waals surface area (Å²) in [6.07, 6.45) is 5.20. The topological polar surface area (TPSA) is 155 Å². The predicted molar refractivity (Wildman–Crippen MR) is 130 cm³/mol. The second kappa shape index (κ2) is 9.05. The Kier molecular flexibility index (Phi) is 6.51. The van der Waals surface area contributed by atoms with E-state index in [1.165, 1.54) is 4.90 Å². The van der Waals surface area contributed by atoms with Crippen LogP contribution in [0.5, 0.6) is 5.75 Å². The number of hydrogen-bond donors (Lipinski definition) is 3. The predicted octanol–water partition coefficient (Wildman–Crippen LogP) is 0.853. The SMILES string of the molecule is CC=Cc1cc(CCC)c2c(c1O)C(=O)C1C(=O)[C@@]3(O)C(=O)C(C(N)=O)C(=O)[C@H](N(C)C)[C@H]3C[C@H]1C2. The van der Waals surface area contributed by atoms with Gasteiger partial charge in [-0.25, -0.2) is 0 Å². The fourth-order valence-electron chi connectivity index (χ4n) is 6.57. The molecule has 0 radical (unpaired) electrons. The number of carbonyl (C=O) groups is 5. The first-order valence-electron chi connectivity index (χ1n) is 12.3. The van der Waals surface area contributed by atoms with Crippen molar-refractivity contribution in [2.24, 2.45) is 29.4 Å². The first-order valence-corrected chi connectivity index (χ1v) is 12.3. The largest absolute Gasteiger partial charge is 0.507 e. The van der Waals surface area contributed by atoms with Gasteiger partial charge < -0.3 is 15.9 Å². The van der Waals surface area contributed by atoms with Crippen LogP contribution in [0.2, 0.25) is 0 Å². The van der Waals surface area contributed by atoms with E-state index in [1.807, 2.05) is 13.0 Å². The van der Waals surface area contributed by atoms with Crippen LogP contribution in [0, 0.1) is 23.7 Å². The highest BCUT2D eigenvalue weighted by Gasteiger charge is 2.69. The fraction of sp³-hybridized carbons (Fsp3) is 0.519. The molecule has 6 atom stereocenters. The number of fused-ring (bicyclic) bond motifs is 3. The number of phenolic OH excluding ortho intramolecular Hbond substituents is 1. The molecule has 192 valence electrons. The van der Waals surface area contributed by atoms with Crippen LogP contribution in [-0.4, -0.2) is 69.9 Å². The minimum absolute atomic E-state index is 0.0423. The van der Waals surface area contributed by atoms with Crippen molar-refractivity contribution in [1.29, 1.82) is 0 Å². The van der Waals surface area contributed by atoms with E-state index in [4.69, 9.17) is 5.73 Å². The number of Topliss-reactive ketones (excluding diaryl/α,β-unsaturated/α-hetero) is 4. The van der Waals surface area contributed by atoms with Crippen molar-refractivity contribution in [3.05, 3.63) is 34.4 Å². The van der Waals surface area contributed by atoms with Crippen molar-refractivity contribution >= 4 is 35.1 Å². The van der Waals surface area contributed by atoms with Gasteiger partial charge in [0.2, 0.25) is 5.91 Å². The summed E-state index contributed by atoms with van der Waals surface area (Å²) in [6.45, 7) is 3.78. The molecule has 9 nitrogen and oxygen atoms in total. The molecule has 0 aliphatic heterocycles. The summed E-state index contributed by atoms with van der Waals surface area (Å²) in [5.41, 5.74) is 4.69. The van der Waals surface area contributed by atoms with Gasteiger partial charge in [0.25, 0.3) is 0 Å². The van der Waals surface area contributed by atoms with Crippen molar-refractivity contribution in [1.82, 2.24) is 4.90 Å². The van der Waals surface area contributed by atoms with Crippen molar-refractivity contribution < 1.29 is 34.2 Å². The van der Waals surface area contributed by atoms with Crippen molar-refractivity contribution in [2.45, 2.75) is 51.2 Å². The number of amides is 1. The Labute approximate surface area is 209 Å². The number of primary amides is 1. The lowest BCUT2D eigenvalue weighted by atomic mass is 9.52. The zero-order valence-corrected chi connectivity index (χ0v) is 20.9. The third-order valence-electron chi connectivity index (χ3n) is 8.05. The molecule has 4 N–H and O–H groups in total. The van der Waals surface area contributed by atoms with Crippen LogP contribution in [0.15, 0.2) is 12.1 Å². The monoisotopic (exact) mass is 496 g/mol. The fourth-order valence-corrected chi connectivity index (χ4v) is 6.57. The first kappa shape index (κ1) is 25.9. The van der Waals surface area contributed by atoms with Gasteiger partial charge in [0.1, 0.15) is 5.75 Å². The Balaban J connectivity index is 1.90. The second-order valence-corrected chi connectivity index (χ2v) is 10.4. The molecule has 0 bridgehead atoms. The molecule has 36 heavy (non-hydrogen) atoms. The summed E-state index contributed by atoms with van der Waals surface area (Å²) in [5, 5.41) is 22.6. The molecule has 0 saturated heterocycles. The zero-order chi connectivity index (χ0) is 26.7. The van der Waals surface area contributed by atoms with Gasteiger partial charge in [-0.3, -0.25) is 28.9 Å². The number of phenols is 1. The minimum Gasteiger partial charge on any atom is -0.507 e. The van der Waals surface area contributed by atoms with Crippen LogP contribution >= 0.6 is 0 Å². The molecule has 1 aromatic carbocycles. The van der Waals surface area contributed by atoms with Gasteiger partial charge in [-0.05, 0) is 63.4 Å². The van der Waals surface area contributed by atoms with Gasteiger partial charge >= 0.3 is 0 Å². The number of nitrogens with zero attached hydrogens (tertiary/aromatic N) is 1. The van der Waals surface area contributed by atoms with Crippen LogP contribution in [-0.2, 0) is 32.0 Å². The number of aromatic hydroxyl groups is 1. The number of allylic oxidation sites excluding steroid dienone is 1. The number of benzene rings is 1. The Hall–Kier alpha value is -3.17. The van der Waals surface area contributed by atoms with Gasteiger partial charge in [-0.15, -0.1) is 0 Å². The Morgan fingerprint density at radius 2 is 1.89 bits per heavy atom. The summed E-state index contributed by atoms with van der Waals surface area (Å²) in [5.74, 6) is -10.2. The zero-order valence-electron chi connectivity index (χ0n) is 20.9. The highest BCUT2D eigenvalue weighted by molar-refractivity contribution is 6.32. The molecule has 9 heteroatoms. The van der Waals surface area contributed by atoms with Gasteiger partial charge in [-0.2, -0.15) is 0 Å². The van der Waals surface area contributed by atoms with Crippen molar-refractivity contribution in [2.75, 3.05) is 14.1 Å². The molecule has 4 rings (SSSR count). The first-order chi connectivity index (χ1) is 16.9. The van der Waals surface area contributed by atoms with Gasteiger partial charge in [0.15, 0.2) is 34.7 Å². The molecule has 1 amide bonds. The third kappa shape index (κ3) is 3.48. The molecular weight excluding hydrogens is 464 g/mol. The van der Waals surface area contributed by atoms with E-state index in [1.54, 1.807) is 33.2 Å². The number of nitrogens with two attached hydrogens (primary N) is 1. The summed E-state index contributed by atoms with van der Waals surface area (Å²) in [4.78, 5) is 67.6. The number of aryl methyl sites for hydroxylation is 1. The smallest absolute Gasteiger partial charge is 0.235 e. The van der Waals surface area contributed by atoms with Crippen LogP contribution < -0.4 is 5.73 Å². The van der Waals surface area contributed by atoms with Crippen LogP contribution in [0.4, 0.5) is 0 Å². The summed E-state index contributed by atoms with van der Waals surface area (Å²) >= 11 is 0. The van der Waals surface area contributed by atoms with Crippen LogP contribution in [0.3, 0.4) is 0 Å². The van der Waals surface area contributed by atoms with Gasteiger partial charge in [0, 0.05) is 11.5 Å². The van der Waals surface area contributed by atoms with Crippen molar-refractivity contribution in [3.63, 3.8) is 0 Å². The Morgan fingerprint density at radius 3 is 2.44 bits per heavy atom. The number of hydrogen-bond acceptors (Lipinski definition) is 8. The lowest BCUT2D eigenvalue weighted by Crippen LogP contribution is -2.74. The van der Waals surface area contributed by atoms with Crippen LogP contribution in [0.1, 0.15) is 53.7 Å². The maximum Gasteiger partial charge on any atom is 0.235 e. The Bertz CT molecular complexity index is 1220. The quantitative estimate of drug-likeness (QED) is 0.507. The Morgan fingerprint density at radius 1 is 1.22 bits per heavy atom.